The van der Waals surface area contributed by atoms with Crippen LogP contribution >= 0.6 is 0 Å². The van der Waals surface area contributed by atoms with Gasteiger partial charge in [0.1, 0.15) is 11.9 Å². The molecule has 4 aliphatic rings. The van der Waals surface area contributed by atoms with Crippen LogP contribution in [0, 0.1) is 11.7 Å². The minimum atomic E-state index is -0.403. The lowest BCUT2D eigenvalue weighted by Crippen LogP contribution is -2.53. The molecule has 2 aromatic carbocycles. The van der Waals surface area contributed by atoms with Crippen molar-refractivity contribution < 1.29 is 23.5 Å². The second-order valence-corrected chi connectivity index (χ2v) is 8.86. The first kappa shape index (κ1) is 20.9. The van der Waals surface area contributed by atoms with E-state index in [2.05, 4.69) is 4.90 Å². The summed E-state index contributed by atoms with van der Waals surface area (Å²) >= 11 is 0. The monoisotopic (exact) mass is 438 g/mol. The summed E-state index contributed by atoms with van der Waals surface area (Å²) in [5.41, 5.74) is 3.19. The summed E-state index contributed by atoms with van der Waals surface area (Å²) in [5.74, 6) is -0.296. The molecule has 0 unspecified atom stereocenters. The Hall–Kier alpha value is -2.93. The Morgan fingerprint density at radius 1 is 1.03 bits per heavy atom. The maximum Gasteiger partial charge on any atom is 0.410 e. The molecule has 4 aliphatic heterocycles. The molecule has 32 heavy (non-hydrogen) atoms. The normalized spacial score (nSPS) is 26.4. The van der Waals surface area contributed by atoms with Crippen molar-refractivity contribution in [2.24, 2.45) is 5.92 Å². The van der Waals surface area contributed by atoms with Crippen LogP contribution in [0.15, 0.2) is 42.5 Å². The number of carbonyl (C=O) groups excluding carboxylic acids is 2. The topological polar surface area (TPSA) is 59.1 Å². The van der Waals surface area contributed by atoms with Crippen molar-refractivity contribution in [3.8, 4) is 0 Å². The number of ether oxygens (including phenoxy) is 2. The molecule has 6 nitrogen and oxygen atoms in total. The number of hydrogen-bond acceptors (Lipinski definition) is 5. The van der Waals surface area contributed by atoms with E-state index in [4.69, 9.17) is 9.47 Å². The Labute approximate surface area is 186 Å². The van der Waals surface area contributed by atoms with Gasteiger partial charge in [0.15, 0.2) is 0 Å². The van der Waals surface area contributed by atoms with E-state index in [1.54, 1.807) is 23.1 Å². The molecule has 3 fully saturated rings. The molecule has 0 aromatic heterocycles. The highest BCUT2D eigenvalue weighted by Crippen LogP contribution is 2.37. The van der Waals surface area contributed by atoms with E-state index in [9.17, 15) is 14.0 Å². The van der Waals surface area contributed by atoms with Crippen LogP contribution in [-0.4, -0.2) is 61.3 Å². The summed E-state index contributed by atoms with van der Waals surface area (Å²) in [7, 11) is 1.36. The molecule has 2 aromatic rings. The Balaban J connectivity index is 1.46. The van der Waals surface area contributed by atoms with Crippen molar-refractivity contribution in [3.63, 3.8) is 0 Å². The minimum absolute atomic E-state index is 0.0815. The zero-order chi connectivity index (χ0) is 22.2. The third-order valence-corrected chi connectivity index (χ3v) is 7.06. The van der Waals surface area contributed by atoms with Crippen LogP contribution in [0.2, 0.25) is 0 Å². The SMILES string of the molecule is COC(=O)c1ccc2c(c1)CCN(C(=O)O[C@@H]1CN3CCC1CC3)[C@@H]2c1ccc(F)cc1. The van der Waals surface area contributed by atoms with E-state index in [1.165, 1.54) is 19.2 Å². The average molecular weight is 438 g/mol. The first-order chi connectivity index (χ1) is 15.5. The highest BCUT2D eigenvalue weighted by molar-refractivity contribution is 5.89. The highest BCUT2D eigenvalue weighted by atomic mass is 19.1. The van der Waals surface area contributed by atoms with E-state index in [-0.39, 0.29) is 18.0 Å². The first-order valence-corrected chi connectivity index (χ1v) is 11.2. The zero-order valence-corrected chi connectivity index (χ0v) is 18.1. The molecule has 0 spiro atoms. The van der Waals surface area contributed by atoms with Gasteiger partial charge in [0.25, 0.3) is 0 Å². The quantitative estimate of drug-likeness (QED) is 0.683. The van der Waals surface area contributed by atoms with Crippen molar-refractivity contribution in [2.75, 3.05) is 33.3 Å². The molecule has 0 saturated carbocycles. The first-order valence-electron chi connectivity index (χ1n) is 11.2. The molecule has 0 aliphatic carbocycles. The van der Waals surface area contributed by atoms with Gasteiger partial charge in [-0.1, -0.05) is 18.2 Å². The third kappa shape index (κ3) is 3.86. The van der Waals surface area contributed by atoms with Crippen molar-refractivity contribution >= 4 is 12.1 Å². The predicted octanol–water partition coefficient (Wildman–Crippen LogP) is 3.79. The van der Waals surface area contributed by atoms with E-state index in [1.807, 2.05) is 12.1 Å². The van der Waals surface area contributed by atoms with Crippen LogP contribution in [0.5, 0.6) is 0 Å². The fraction of sp³-hybridized carbons (Fsp3) is 0.440. The van der Waals surface area contributed by atoms with Gasteiger partial charge in [-0.25, -0.2) is 14.0 Å². The largest absolute Gasteiger partial charge is 0.465 e. The minimum Gasteiger partial charge on any atom is -0.465 e. The lowest BCUT2D eigenvalue weighted by atomic mass is 9.86. The van der Waals surface area contributed by atoms with Crippen LogP contribution in [0.1, 0.15) is 45.9 Å². The number of rotatable bonds is 3. The van der Waals surface area contributed by atoms with Crippen LogP contribution < -0.4 is 0 Å². The molecule has 7 heteroatoms. The fourth-order valence-electron chi connectivity index (χ4n) is 5.31. The van der Waals surface area contributed by atoms with Gasteiger partial charge in [0.05, 0.1) is 18.7 Å². The van der Waals surface area contributed by atoms with Gasteiger partial charge in [-0.15, -0.1) is 0 Å². The summed E-state index contributed by atoms with van der Waals surface area (Å²) in [4.78, 5) is 29.5. The molecule has 4 heterocycles. The van der Waals surface area contributed by atoms with Crippen molar-refractivity contribution in [1.82, 2.24) is 9.80 Å². The number of piperidine rings is 3. The number of halogens is 1. The summed E-state index contributed by atoms with van der Waals surface area (Å²) in [6, 6.07) is 11.2. The van der Waals surface area contributed by atoms with E-state index in [0.717, 1.165) is 49.2 Å². The number of amides is 1. The van der Waals surface area contributed by atoms with Gasteiger partial charge in [0, 0.05) is 13.1 Å². The molecular formula is C25H27FN2O4. The van der Waals surface area contributed by atoms with Gasteiger partial charge in [-0.05, 0) is 79.2 Å². The lowest BCUT2D eigenvalue weighted by Gasteiger charge is -2.45. The fourth-order valence-corrected chi connectivity index (χ4v) is 5.31. The van der Waals surface area contributed by atoms with Crippen molar-refractivity contribution in [1.29, 1.82) is 0 Å². The van der Waals surface area contributed by atoms with Gasteiger partial charge >= 0.3 is 12.1 Å². The molecule has 3 saturated heterocycles. The molecule has 168 valence electrons. The number of fused-ring (bicyclic) bond motifs is 4. The van der Waals surface area contributed by atoms with Crippen LogP contribution in [-0.2, 0) is 15.9 Å². The summed E-state index contributed by atoms with van der Waals surface area (Å²) in [6.45, 7) is 3.41. The Bertz CT molecular complexity index is 1020. The van der Waals surface area contributed by atoms with Gasteiger partial charge in [-0.3, -0.25) is 9.80 Å². The Kier molecular flexibility index (Phi) is 5.59. The predicted molar refractivity (Wildman–Crippen MR) is 116 cm³/mol. The van der Waals surface area contributed by atoms with Crippen molar-refractivity contribution in [3.05, 3.63) is 70.5 Å². The number of methoxy groups -OCH3 is 1. The molecule has 6 rings (SSSR count). The standard InChI is InChI=1S/C25H27FN2O4/c1-31-24(29)19-4-7-21-18(14-19)10-13-28(23(21)17-2-5-20(26)6-3-17)25(30)32-22-15-27-11-8-16(22)9-12-27/h2-7,14,16,22-23H,8-13,15H2,1H3/t22-,23-/m1/s1. The second-order valence-electron chi connectivity index (χ2n) is 8.86. The number of esters is 1. The molecule has 1 amide bonds. The summed E-state index contributed by atoms with van der Waals surface area (Å²) in [5, 5.41) is 0. The molecule has 2 atom stereocenters. The van der Waals surface area contributed by atoms with E-state index in [0.29, 0.717) is 24.4 Å². The Morgan fingerprint density at radius 3 is 2.44 bits per heavy atom. The smallest absolute Gasteiger partial charge is 0.410 e. The molecule has 0 N–H and O–H groups in total. The highest BCUT2D eigenvalue weighted by Gasteiger charge is 2.39. The van der Waals surface area contributed by atoms with Gasteiger partial charge in [-0.2, -0.15) is 0 Å². The maximum absolute atomic E-state index is 13.6. The zero-order valence-electron chi connectivity index (χ0n) is 18.1. The number of hydrogen-bond donors (Lipinski definition) is 0. The summed E-state index contributed by atoms with van der Waals surface area (Å²) < 4.78 is 24.5. The average Bonchev–Trinajstić information content (AvgIpc) is 2.83. The van der Waals surface area contributed by atoms with Gasteiger partial charge < -0.3 is 9.47 Å². The van der Waals surface area contributed by atoms with Crippen LogP contribution in [0.4, 0.5) is 9.18 Å². The van der Waals surface area contributed by atoms with Gasteiger partial charge in [0.2, 0.25) is 0 Å². The van der Waals surface area contributed by atoms with E-state index >= 15 is 0 Å². The molecule has 2 bridgehead atoms. The Morgan fingerprint density at radius 2 is 1.78 bits per heavy atom. The van der Waals surface area contributed by atoms with Crippen molar-refractivity contribution in [2.45, 2.75) is 31.4 Å². The van der Waals surface area contributed by atoms with Crippen LogP contribution in [0.3, 0.4) is 0 Å². The number of benzene rings is 2. The van der Waals surface area contributed by atoms with E-state index < -0.39 is 12.0 Å². The molecular weight excluding hydrogens is 411 g/mol. The lowest BCUT2D eigenvalue weighted by molar-refractivity contribution is -0.0462. The number of carbonyl (C=O) groups is 2. The maximum atomic E-state index is 13.6. The number of nitrogens with zero attached hydrogens (tertiary/aromatic N) is 2. The summed E-state index contributed by atoms with van der Waals surface area (Å²) in [6.07, 6.45) is 2.33. The third-order valence-electron chi connectivity index (χ3n) is 7.06. The van der Waals surface area contributed by atoms with Crippen LogP contribution in [0.25, 0.3) is 0 Å². The molecule has 0 radical (unpaired) electrons. The second kappa shape index (κ2) is 8.54.